The second-order valence-electron chi connectivity index (χ2n) is 6.87. The number of piperidine rings is 1. The first-order chi connectivity index (χ1) is 13.7. The monoisotopic (exact) mass is 424 g/mol. The minimum atomic E-state index is -4.04. The summed E-state index contributed by atoms with van der Waals surface area (Å²) in [6.45, 7) is 0.207. The lowest BCUT2D eigenvalue weighted by molar-refractivity contribution is -0.123. The van der Waals surface area contributed by atoms with Crippen molar-refractivity contribution in [2.45, 2.75) is 17.7 Å². The lowest BCUT2D eigenvalue weighted by Gasteiger charge is -2.33. The minimum absolute atomic E-state index is 0.0215. The van der Waals surface area contributed by atoms with Gasteiger partial charge in [0.25, 0.3) is 0 Å². The topological polar surface area (TPSA) is 66.9 Å². The molecular formula is C20H22F2N2O4S. The molecule has 0 radical (unpaired) electrons. The Morgan fingerprint density at radius 3 is 2.45 bits per heavy atom. The van der Waals surface area contributed by atoms with Crippen molar-refractivity contribution in [1.29, 1.82) is 0 Å². The van der Waals surface area contributed by atoms with Crippen LogP contribution in [0.3, 0.4) is 0 Å². The van der Waals surface area contributed by atoms with Crippen LogP contribution in [0.25, 0.3) is 0 Å². The zero-order chi connectivity index (χ0) is 21.2. The van der Waals surface area contributed by atoms with E-state index in [4.69, 9.17) is 4.74 Å². The summed E-state index contributed by atoms with van der Waals surface area (Å²) < 4.78 is 59.2. The molecule has 1 aliphatic rings. The quantitative estimate of drug-likeness (QED) is 0.740. The van der Waals surface area contributed by atoms with Crippen LogP contribution in [-0.4, -0.2) is 45.9 Å². The number of hydrogen-bond acceptors (Lipinski definition) is 4. The fourth-order valence-corrected chi connectivity index (χ4v) is 5.11. The van der Waals surface area contributed by atoms with Crippen LogP contribution in [0.15, 0.2) is 47.4 Å². The van der Waals surface area contributed by atoms with Crippen molar-refractivity contribution in [2.24, 2.45) is 5.92 Å². The van der Waals surface area contributed by atoms with Gasteiger partial charge in [-0.2, -0.15) is 4.31 Å². The molecule has 1 amide bonds. The summed E-state index contributed by atoms with van der Waals surface area (Å²) in [6.07, 6.45) is 1.02. The van der Waals surface area contributed by atoms with Crippen LogP contribution in [-0.2, 0) is 14.8 Å². The third kappa shape index (κ3) is 4.40. The smallest absolute Gasteiger partial charge is 0.246 e. The number of ether oxygens (including phenoxy) is 1. The summed E-state index contributed by atoms with van der Waals surface area (Å²) >= 11 is 0. The molecule has 6 nitrogen and oxygen atoms in total. The van der Waals surface area contributed by atoms with Crippen molar-refractivity contribution in [3.63, 3.8) is 0 Å². The van der Waals surface area contributed by atoms with Gasteiger partial charge in [0.2, 0.25) is 15.9 Å². The number of methoxy groups -OCH3 is 1. The van der Waals surface area contributed by atoms with Crippen molar-refractivity contribution >= 4 is 21.6 Å². The molecule has 0 N–H and O–H groups in total. The number of carbonyl (C=O) groups excluding carboxylic acids is 1. The molecule has 1 heterocycles. The number of sulfonamides is 1. The maximum Gasteiger partial charge on any atom is 0.246 e. The molecule has 0 spiro atoms. The van der Waals surface area contributed by atoms with Crippen molar-refractivity contribution < 1.29 is 26.7 Å². The minimum Gasteiger partial charge on any atom is -0.495 e. The molecule has 2 aromatic carbocycles. The van der Waals surface area contributed by atoms with E-state index in [0.29, 0.717) is 18.5 Å². The van der Waals surface area contributed by atoms with Gasteiger partial charge in [0.1, 0.15) is 22.3 Å². The Hall–Kier alpha value is -2.52. The zero-order valence-electron chi connectivity index (χ0n) is 16.1. The Bertz CT molecular complexity index is 996. The molecule has 29 heavy (non-hydrogen) atoms. The largest absolute Gasteiger partial charge is 0.495 e. The van der Waals surface area contributed by atoms with Gasteiger partial charge in [0.15, 0.2) is 0 Å². The lowest BCUT2D eigenvalue weighted by Crippen LogP contribution is -2.46. The Morgan fingerprint density at radius 1 is 1.14 bits per heavy atom. The molecule has 3 rings (SSSR count). The van der Waals surface area contributed by atoms with Crippen LogP contribution in [0.1, 0.15) is 12.8 Å². The van der Waals surface area contributed by atoms with Gasteiger partial charge in [-0.25, -0.2) is 17.2 Å². The molecule has 0 unspecified atom stereocenters. The highest BCUT2D eigenvalue weighted by molar-refractivity contribution is 7.89. The van der Waals surface area contributed by atoms with E-state index in [2.05, 4.69) is 0 Å². The van der Waals surface area contributed by atoms with Crippen LogP contribution >= 0.6 is 0 Å². The van der Waals surface area contributed by atoms with Gasteiger partial charge < -0.3 is 9.64 Å². The third-order valence-corrected chi connectivity index (χ3v) is 6.91. The number of benzene rings is 2. The Morgan fingerprint density at radius 2 is 1.79 bits per heavy atom. The van der Waals surface area contributed by atoms with E-state index in [1.54, 1.807) is 7.05 Å². The molecule has 0 aromatic heterocycles. The van der Waals surface area contributed by atoms with E-state index < -0.39 is 27.6 Å². The maximum atomic E-state index is 13.7. The second kappa shape index (κ2) is 8.46. The number of halogens is 2. The Labute approximate surface area is 168 Å². The first-order valence-electron chi connectivity index (χ1n) is 9.11. The predicted octanol–water partition coefficient (Wildman–Crippen LogP) is 3.04. The lowest BCUT2D eigenvalue weighted by atomic mass is 9.98. The maximum absolute atomic E-state index is 13.7. The highest BCUT2D eigenvalue weighted by atomic mass is 32.2. The van der Waals surface area contributed by atoms with E-state index in [0.717, 1.165) is 12.1 Å². The predicted molar refractivity (Wildman–Crippen MR) is 104 cm³/mol. The normalized spacial score (nSPS) is 17.7. The molecular weight excluding hydrogens is 402 g/mol. The summed E-state index contributed by atoms with van der Waals surface area (Å²) in [4.78, 5) is 14.0. The standard InChI is InChI=1S/C20H22F2N2O4S/c1-23(17-8-5-15(21)6-9-17)20(25)14-4-3-11-24(13-14)29(26,27)19-12-16(22)7-10-18(19)28-2/h5-10,12,14H,3-4,11,13H2,1-2H3/t14-/m1/s1. The summed E-state index contributed by atoms with van der Waals surface area (Å²) in [7, 11) is -1.16. The van der Waals surface area contributed by atoms with Gasteiger partial charge in [-0.15, -0.1) is 0 Å². The van der Waals surface area contributed by atoms with Crippen molar-refractivity contribution in [2.75, 3.05) is 32.1 Å². The fourth-order valence-electron chi connectivity index (χ4n) is 3.42. The van der Waals surface area contributed by atoms with Gasteiger partial charge in [0.05, 0.1) is 13.0 Å². The molecule has 1 saturated heterocycles. The molecule has 1 aliphatic heterocycles. The van der Waals surface area contributed by atoms with E-state index in [1.807, 2.05) is 0 Å². The summed E-state index contributed by atoms with van der Waals surface area (Å²) in [5, 5.41) is 0. The Kier molecular flexibility index (Phi) is 6.18. The van der Waals surface area contributed by atoms with E-state index >= 15 is 0 Å². The van der Waals surface area contributed by atoms with E-state index in [-0.39, 0.29) is 29.6 Å². The highest BCUT2D eigenvalue weighted by Crippen LogP contribution is 2.31. The average molecular weight is 424 g/mol. The van der Waals surface area contributed by atoms with Gasteiger partial charge in [-0.3, -0.25) is 4.79 Å². The van der Waals surface area contributed by atoms with Crippen LogP contribution in [0, 0.1) is 17.6 Å². The van der Waals surface area contributed by atoms with Crippen LogP contribution in [0.4, 0.5) is 14.5 Å². The zero-order valence-corrected chi connectivity index (χ0v) is 17.0. The number of anilines is 1. The number of amides is 1. The molecule has 9 heteroatoms. The Balaban J connectivity index is 1.82. The van der Waals surface area contributed by atoms with Gasteiger partial charge in [-0.1, -0.05) is 0 Å². The van der Waals surface area contributed by atoms with Crippen molar-refractivity contribution in [1.82, 2.24) is 4.31 Å². The molecule has 1 fully saturated rings. The fraction of sp³-hybridized carbons (Fsp3) is 0.350. The number of hydrogen-bond donors (Lipinski definition) is 0. The molecule has 1 atom stereocenters. The SMILES string of the molecule is COc1ccc(F)cc1S(=O)(=O)N1CCC[C@@H](C(=O)N(C)c2ccc(F)cc2)C1. The van der Waals surface area contributed by atoms with E-state index in [1.165, 1.54) is 46.6 Å². The van der Waals surface area contributed by atoms with Crippen LogP contribution < -0.4 is 9.64 Å². The highest BCUT2D eigenvalue weighted by Gasteiger charge is 2.36. The van der Waals surface area contributed by atoms with Gasteiger partial charge in [-0.05, 0) is 55.3 Å². The molecule has 2 aromatic rings. The summed E-state index contributed by atoms with van der Waals surface area (Å²) in [6, 6.07) is 8.80. The molecule has 156 valence electrons. The van der Waals surface area contributed by atoms with Crippen LogP contribution in [0.2, 0.25) is 0 Å². The van der Waals surface area contributed by atoms with Crippen molar-refractivity contribution in [3.05, 3.63) is 54.1 Å². The first kappa shape index (κ1) is 21.2. The van der Waals surface area contributed by atoms with Crippen LogP contribution in [0.5, 0.6) is 5.75 Å². The van der Waals surface area contributed by atoms with E-state index in [9.17, 15) is 22.0 Å². The average Bonchev–Trinajstić information content (AvgIpc) is 2.73. The first-order valence-corrected chi connectivity index (χ1v) is 10.5. The number of carbonyl (C=O) groups is 1. The van der Waals surface area contributed by atoms with Crippen molar-refractivity contribution in [3.8, 4) is 5.75 Å². The molecule has 0 bridgehead atoms. The molecule has 0 aliphatic carbocycles. The molecule has 0 saturated carbocycles. The summed E-state index contributed by atoms with van der Waals surface area (Å²) in [5.41, 5.74) is 0.517. The summed E-state index contributed by atoms with van der Waals surface area (Å²) in [5.74, 6) is -1.88. The number of nitrogens with zero attached hydrogens (tertiary/aromatic N) is 2. The van der Waals surface area contributed by atoms with Gasteiger partial charge >= 0.3 is 0 Å². The van der Waals surface area contributed by atoms with Gasteiger partial charge in [0, 0.05) is 25.8 Å². The third-order valence-electron chi connectivity index (χ3n) is 5.02. The second-order valence-corrected chi connectivity index (χ2v) is 8.78. The number of rotatable bonds is 5.